The van der Waals surface area contributed by atoms with Gasteiger partial charge in [-0.3, -0.25) is 15.1 Å². The Balaban J connectivity index is 1.45. The number of rotatable bonds is 5. The van der Waals surface area contributed by atoms with Crippen LogP contribution in [0.15, 0.2) is 67.5 Å². The van der Waals surface area contributed by atoms with E-state index in [0.29, 0.717) is 28.9 Å². The van der Waals surface area contributed by atoms with Crippen LogP contribution in [0.25, 0.3) is 56.0 Å². The average Bonchev–Trinajstić information content (AvgIpc) is 3.48. The van der Waals surface area contributed by atoms with Gasteiger partial charge in [-0.25, -0.2) is 15.0 Å². The van der Waals surface area contributed by atoms with Crippen LogP contribution in [0.4, 0.5) is 5.69 Å². The van der Waals surface area contributed by atoms with Crippen molar-refractivity contribution in [3.63, 3.8) is 0 Å². The van der Waals surface area contributed by atoms with Gasteiger partial charge in [-0.15, -0.1) is 0 Å². The minimum absolute atomic E-state index is 0.316. The molecule has 166 valence electrons. The van der Waals surface area contributed by atoms with Crippen LogP contribution in [0.2, 0.25) is 0 Å². The predicted molar refractivity (Wildman–Crippen MR) is 132 cm³/mol. The van der Waals surface area contributed by atoms with Crippen LogP contribution in [0.1, 0.15) is 13.8 Å². The van der Waals surface area contributed by atoms with Crippen molar-refractivity contribution in [1.82, 2.24) is 40.1 Å². The highest BCUT2D eigenvalue weighted by Crippen LogP contribution is 2.31. The van der Waals surface area contributed by atoms with Gasteiger partial charge < -0.3 is 10.3 Å². The molecule has 9 nitrogen and oxygen atoms in total. The lowest BCUT2D eigenvalue weighted by atomic mass is 10.1. The molecule has 0 unspecified atom stereocenters. The maximum Gasteiger partial charge on any atom is 0.161 e. The van der Waals surface area contributed by atoms with Gasteiger partial charge in [-0.05, 0) is 38.1 Å². The van der Waals surface area contributed by atoms with Crippen molar-refractivity contribution in [3.05, 3.63) is 67.5 Å². The third-order valence-electron chi connectivity index (χ3n) is 5.52. The third kappa shape index (κ3) is 3.53. The standard InChI is InChI=1S/C25H21N9/c1-14(2)30-18-8-16(11-27-13-18)17-9-20-22(33-34-23(20)29-12-17)25-31-21-19(5-7-28-24(21)32-25)15-4-3-6-26-10-15/h3-14,30H,1-2H3,(H,28,31,32)(H,29,33,34). The largest absolute Gasteiger partial charge is 0.382 e. The second-order valence-electron chi connectivity index (χ2n) is 8.34. The molecule has 3 N–H and O–H groups in total. The number of hydrogen-bond acceptors (Lipinski definition) is 7. The SMILES string of the molecule is CC(C)Nc1cncc(-c2cnc3[nH]nc(-c4nc5c(-c6cccnc6)ccnc5[nH]4)c3c2)c1. The van der Waals surface area contributed by atoms with Crippen LogP contribution in [-0.4, -0.2) is 46.1 Å². The first-order chi connectivity index (χ1) is 16.7. The summed E-state index contributed by atoms with van der Waals surface area (Å²) in [6.45, 7) is 4.19. The van der Waals surface area contributed by atoms with Gasteiger partial charge >= 0.3 is 0 Å². The molecule has 0 spiro atoms. The summed E-state index contributed by atoms with van der Waals surface area (Å²) >= 11 is 0. The fraction of sp³-hybridized carbons (Fsp3) is 0.120. The van der Waals surface area contributed by atoms with Crippen LogP contribution in [0, 0.1) is 0 Å². The van der Waals surface area contributed by atoms with Crippen molar-refractivity contribution in [1.29, 1.82) is 0 Å². The molecule has 34 heavy (non-hydrogen) atoms. The third-order valence-corrected chi connectivity index (χ3v) is 5.52. The molecule has 0 aliphatic rings. The van der Waals surface area contributed by atoms with E-state index in [0.717, 1.165) is 38.8 Å². The zero-order chi connectivity index (χ0) is 23.1. The summed E-state index contributed by atoms with van der Waals surface area (Å²) in [7, 11) is 0. The van der Waals surface area contributed by atoms with E-state index < -0.39 is 0 Å². The molecule has 0 atom stereocenters. The fourth-order valence-corrected chi connectivity index (χ4v) is 4.03. The summed E-state index contributed by atoms with van der Waals surface area (Å²) in [6, 6.07) is 10.3. The Labute approximate surface area is 194 Å². The molecule has 0 saturated heterocycles. The lowest BCUT2D eigenvalue weighted by Crippen LogP contribution is -2.09. The first kappa shape index (κ1) is 20.0. The van der Waals surface area contributed by atoms with E-state index in [1.54, 1.807) is 12.4 Å². The molecule has 0 aliphatic carbocycles. The molecule has 6 heterocycles. The Hall–Kier alpha value is -4.66. The maximum atomic E-state index is 4.85. The first-order valence-electron chi connectivity index (χ1n) is 11.0. The van der Waals surface area contributed by atoms with Crippen LogP contribution in [0.3, 0.4) is 0 Å². The lowest BCUT2D eigenvalue weighted by molar-refractivity contribution is 0.898. The maximum absolute atomic E-state index is 4.85. The number of fused-ring (bicyclic) bond motifs is 2. The van der Waals surface area contributed by atoms with Crippen LogP contribution >= 0.6 is 0 Å². The summed E-state index contributed by atoms with van der Waals surface area (Å²) in [4.78, 5) is 25.8. The van der Waals surface area contributed by atoms with Gasteiger partial charge in [0, 0.05) is 65.5 Å². The van der Waals surface area contributed by atoms with Crippen LogP contribution < -0.4 is 5.32 Å². The van der Waals surface area contributed by atoms with Gasteiger partial charge in [-0.1, -0.05) is 6.07 Å². The minimum atomic E-state index is 0.316. The molecule has 6 rings (SSSR count). The van der Waals surface area contributed by atoms with Crippen molar-refractivity contribution in [2.45, 2.75) is 19.9 Å². The number of H-pyrrole nitrogens is 2. The number of nitrogens with zero attached hydrogens (tertiary/aromatic N) is 6. The normalized spacial score (nSPS) is 11.5. The van der Waals surface area contributed by atoms with Crippen molar-refractivity contribution in [3.8, 4) is 33.8 Å². The van der Waals surface area contributed by atoms with E-state index in [1.807, 2.05) is 43.0 Å². The summed E-state index contributed by atoms with van der Waals surface area (Å²) < 4.78 is 0. The van der Waals surface area contributed by atoms with E-state index in [2.05, 4.69) is 66.4 Å². The number of nitrogens with one attached hydrogen (secondary N) is 3. The highest BCUT2D eigenvalue weighted by Gasteiger charge is 2.17. The predicted octanol–water partition coefficient (Wildman–Crippen LogP) is 4.84. The number of imidazole rings is 1. The fourth-order valence-electron chi connectivity index (χ4n) is 4.03. The number of aromatic nitrogens is 8. The zero-order valence-corrected chi connectivity index (χ0v) is 18.6. The number of aromatic amines is 2. The quantitative estimate of drug-likeness (QED) is 0.346. The van der Waals surface area contributed by atoms with Gasteiger partial charge in [0.15, 0.2) is 17.1 Å². The molecule has 0 fully saturated rings. The van der Waals surface area contributed by atoms with Crippen molar-refractivity contribution >= 4 is 27.9 Å². The van der Waals surface area contributed by atoms with E-state index in [1.165, 1.54) is 0 Å². The molecule has 0 bridgehead atoms. The van der Waals surface area contributed by atoms with E-state index in [4.69, 9.17) is 4.98 Å². The Bertz CT molecular complexity index is 1620. The number of hydrogen-bond donors (Lipinski definition) is 3. The Kier molecular flexibility index (Phi) is 4.72. The van der Waals surface area contributed by atoms with Gasteiger partial charge in [0.1, 0.15) is 11.2 Å². The highest BCUT2D eigenvalue weighted by molar-refractivity contribution is 5.96. The highest BCUT2D eigenvalue weighted by atomic mass is 15.2. The number of anilines is 1. The molecular weight excluding hydrogens is 426 g/mol. The molecular formula is C25H21N9. The van der Waals surface area contributed by atoms with Crippen molar-refractivity contribution in [2.24, 2.45) is 0 Å². The van der Waals surface area contributed by atoms with E-state index in [-0.39, 0.29) is 0 Å². The Morgan fingerprint density at radius 2 is 1.74 bits per heavy atom. The molecule has 0 aromatic carbocycles. The summed E-state index contributed by atoms with van der Waals surface area (Å²) in [5.41, 5.74) is 7.64. The van der Waals surface area contributed by atoms with Gasteiger partial charge in [0.05, 0.1) is 11.1 Å². The van der Waals surface area contributed by atoms with E-state index in [9.17, 15) is 0 Å². The second-order valence-corrected chi connectivity index (χ2v) is 8.34. The van der Waals surface area contributed by atoms with Crippen molar-refractivity contribution in [2.75, 3.05) is 5.32 Å². The summed E-state index contributed by atoms with van der Waals surface area (Å²) in [6.07, 6.45) is 10.8. The minimum Gasteiger partial charge on any atom is -0.382 e. The smallest absolute Gasteiger partial charge is 0.161 e. The molecule has 0 aliphatic heterocycles. The topological polar surface area (TPSA) is 121 Å². The van der Waals surface area contributed by atoms with Crippen LogP contribution in [0.5, 0.6) is 0 Å². The Morgan fingerprint density at radius 1 is 0.853 bits per heavy atom. The van der Waals surface area contributed by atoms with Crippen molar-refractivity contribution < 1.29 is 0 Å². The monoisotopic (exact) mass is 447 g/mol. The first-order valence-corrected chi connectivity index (χ1v) is 11.0. The number of pyridine rings is 4. The van der Waals surface area contributed by atoms with Gasteiger partial charge in [-0.2, -0.15) is 5.10 Å². The summed E-state index contributed by atoms with van der Waals surface area (Å²) in [5, 5.41) is 11.8. The zero-order valence-electron chi connectivity index (χ0n) is 18.6. The molecule has 0 amide bonds. The molecule has 6 aromatic heterocycles. The molecule has 0 saturated carbocycles. The average molecular weight is 448 g/mol. The molecule has 9 heteroatoms. The second kappa shape index (κ2) is 8.04. The van der Waals surface area contributed by atoms with Gasteiger partial charge in [0.25, 0.3) is 0 Å². The van der Waals surface area contributed by atoms with Gasteiger partial charge in [0.2, 0.25) is 0 Å². The van der Waals surface area contributed by atoms with Crippen LogP contribution in [-0.2, 0) is 0 Å². The van der Waals surface area contributed by atoms with E-state index >= 15 is 0 Å². The molecule has 6 aromatic rings. The molecule has 0 radical (unpaired) electrons. The summed E-state index contributed by atoms with van der Waals surface area (Å²) in [5.74, 6) is 0.623. The lowest BCUT2D eigenvalue weighted by Gasteiger charge is -2.10. The Morgan fingerprint density at radius 3 is 2.59 bits per heavy atom.